The lowest BCUT2D eigenvalue weighted by Gasteiger charge is -2.33. The minimum Gasteiger partial charge on any atom is -0.481 e. The minimum atomic E-state index is -0.792. The zero-order valence-electron chi connectivity index (χ0n) is 24.5. The van der Waals surface area contributed by atoms with Gasteiger partial charge in [0.1, 0.15) is 0 Å². The van der Waals surface area contributed by atoms with Crippen molar-refractivity contribution in [1.29, 1.82) is 0 Å². The highest BCUT2D eigenvalue weighted by atomic mass is 16.4. The largest absolute Gasteiger partial charge is 0.481 e. The van der Waals surface area contributed by atoms with Gasteiger partial charge in [-0.1, -0.05) is 65.8 Å². The van der Waals surface area contributed by atoms with Gasteiger partial charge in [0.2, 0.25) is 0 Å². The van der Waals surface area contributed by atoms with Gasteiger partial charge in [0.25, 0.3) is 0 Å². The summed E-state index contributed by atoms with van der Waals surface area (Å²) in [5, 5.41) is 41.4. The topological polar surface area (TPSA) is 98.0 Å². The normalized spacial score (nSPS) is 23.6. The van der Waals surface area contributed by atoms with Crippen LogP contribution >= 0.6 is 0 Å². The van der Waals surface area contributed by atoms with E-state index in [4.69, 9.17) is 0 Å². The standard InChI is InChI=1S/C32H52O5/c1-29(2,21-33)15-9-11-22-17-30(3,4)19-24(26(22)34)13-14-25-20-31(5,6)18-23(27(25)35)12-10-16-32(7,8)28(36)37/h17-20,26-27,33-35H,9-16,21H2,1-8H3,(H,36,37). The zero-order chi connectivity index (χ0) is 28.2. The molecule has 0 aromatic heterocycles. The van der Waals surface area contributed by atoms with Gasteiger partial charge in [0.05, 0.1) is 17.6 Å². The summed E-state index contributed by atoms with van der Waals surface area (Å²) in [6.45, 7) is 16.4. The van der Waals surface area contributed by atoms with Crippen LogP contribution in [0.5, 0.6) is 0 Å². The number of hydrogen-bond donors (Lipinski definition) is 4. The van der Waals surface area contributed by atoms with Crippen molar-refractivity contribution in [1.82, 2.24) is 0 Å². The Hall–Kier alpha value is -1.69. The van der Waals surface area contributed by atoms with Crippen molar-refractivity contribution in [3.63, 3.8) is 0 Å². The Morgan fingerprint density at radius 2 is 1.08 bits per heavy atom. The summed E-state index contributed by atoms with van der Waals surface area (Å²) in [5.41, 5.74) is 2.79. The third-order valence-electron chi connectivity index (χ3n) is 7.93. The van der Waals surface area contributed by atoms with Crippen LogP contribution in [0.3, 0.4) is 0 Å². The van der Waals surface area contributed by atoms with Crippen molar-refractivity contribution in [2.24, 2.45) is 21.7 Å². The molecule has 210 valence electrons. The highest BCUT2D eigenvalue weighted by molar-refractivity contribution is 5.73. The number of allylic oxidation sites excluding steroid dienone is 4. The molecule has 0 spiro atoms. The first-order chi connectivity index (χ1) is 16.9. The molecule has 5 nitrogen and oxygen atoms in total. The molecule has 0 amide bonds. The van der Waals surface area contributed by atoms with Crippen LogP contribution in [0.15, 0.2) is 46.6 Å². The van der Waals surface area contributed by atoms with Crippen LogP contribution in [0.1, 0.15) is 107 Å². The molecule has 0 bridgehead atoms. The highest BCUT2D eigenvalue weighted by Crippen LogP contribution is 2.40. The number of hydrogen-bond acceptors (Lipinski definition) is 4. The van der Waals surface area contributed by atoms with Crippen LogP contribution in [-0.4, -0.2) is 45.2 Å². The van der Waals surface area contributed by atoms with Gasteiger partial charge in [-0.25, -0.2) is 0 Å². The van der Waals surface area contributed by atoms with Gasteiger partial charge in [-0.2, -0.15) is 0 Å². The summed E-state index contributed by atoms with van der Waals surface area (Å²) in [6, 6.07) is 0. The quantitative estimate of drug-likeness (QED) is 0.203. The molecule has 2 rings (SSSR count). The first-order valence-electron chi connectivity index (χ1n) is 13.9. The number of aliphatic hydroxyl groups excluding tert-OH is 3. The van der Waals surface area contributed by atoms with Crippen LogP contribution in [0.2, 0.25) is 0 Å². The van der Waals surface area contributed by atoms with Gasteiger partial charge in [0.15, 0.2) is 0 Å². The predicted octanol–water partition coefficient (Wildman–Crippen LogP) is 6.74. The van der Waals surface area contributed by atoms with Crippen molar-refractivity contribution in [2.75, 3.05) is 6.61 Å². The second kappa shape index (κ2) is 12.0. The molecule has 0 fully saturated rings. The fourth-order valence-electron chi connectivity index (χ4n) is 5.60. The van der Waals surface area contributed by atoms with Crippen molar-refractivity contribution < 1.29 is 25.2 Å². The smallest absolute Gasteiger partial charge is 0.309 e. The fraction of sp³-hybridized carbons (Fsp3) is 0.719. The van der Waals surface area contributed by atoms with E-state index in [-0.39, 0.29) is 22.9 Å². The number of carboxylic acids is 1. The molecule has 0 saturated heterocycles. The van der Waals surface area contributed by atoms with E-state index in [1.165, 1.54) is 0 Å². The number of rotatable bonds is 13. The summed E-state index contributed by atoms with van der Waals surface area (Å²) in [5.74, 6) is -0.792. The van der Waals surface area contributed by atoms with Crippen LogP contribution in [-0.2, 0) is 4.79 Å². The lowest BCUT2D eigenvalue weighted by Crippen LogP contribution is -2.27. The summed E-state index contributed by atoms with van der Waals surface area (Å²) in [6.07, 6.45) is 13.3. The summed E-state index contributed by atoms with van der Waals surface area (Å²) in [7, 11) is 0. The second-order valence-electron chi connectivity index (χ2n) is 14.0. The molecule has 2 atom stereocenters. The Kier molecular flexibility index (Phi) is 10.2. The second-order valence-corrected chi connectivity index (χ2v) is 14.0. The molecule has 5 heteroatoms. The zero-order valence-corrected chi connectivity index (χ0v) is 24.5. The summed E-state index contributed by atoms with van der Waals surface area (Å²) >= 11 is 0. The Balaban J connectivity index is 2.05. The molecule has 0 heterocycles. The van der Waals surface area contributed by atoms with Gasteiger partial charge in [-0.15, -0.1) is 0 Å². The Labute approximate surface area is 225 Å². The summed E-state index contributed by atoms with van der Waals surface area (Å²) < 4.78 is 0. The van der Waals surface area contributed by atoms with Gasteiger partial charge >= 0.3 is 5.97 Å². The molecule has 2 unspecified atom stereocenters. The number of aliphatic hydroxyl groups is 3. The van der Waals surface area contributed by atoms with Gasteiger partial charge in [-0.3, -0.25) is 4.79 Å². The number of carboxylic acid groups (broad SMARTS) is 1. The Morgan fingerprint density at radius 3 is 1.43 bits per heavy atom. The lowest BCUT2D eigenvalue weighted by atomic mass is 9.74. The molecule has 37 heavy (non-hydrogen) atoms. The van der Waals surface area contributed by atoms with E-state index in [1.807, 2.05) is 0 Å². The third kappa shape index (κ3) is 9.23. The van der Waals surface area contributed by atoms with Gasteiger partial charge < -0.3 is 20.4 Å². The van der Waals surface area contributed by atoms with Crippen molar-refractivity contribution in [3.8, 4) is 0 Å². The SMILES string of the molecule is CC1(C)C=C(CCCC(C)(C)CO)C(O)C(CCC2=CC(C)(C)C=C(CCCC(C)(C)C(=O)O)C2O)=C1. The maximum atomic E-state index is 11.5. The molecule has 0 saturated carbocycles. The number of aliphatic carboxylic acids is 1. The van der Waals surface area contributed by atoms with E-state index in [0.717, 1.165) is 41.6 Å². The molecular formula is C32H52O5. The fourth-order valence-corrected chi connectivity index (χ4v) is 5.60. The minimum absolute atomic E-state index is 0.112. The third-order valence-corrected chi connectivity index (χ3v) is 7.93. The van der Waals surface area contributed by atoms with E-state index in [9.17, 15) is 25.2 Å². The molecule has 2 aliphatic carbocycles. The molecule has 2 aliphatic rings. The van der Waals surface area contributed by atoms with Gasteiger partial charge in [-0.05, 0) is 92.9 Å². The molecule has 4 N–H and O–H groups in total. The predicted molar refractivity (Wildman–Crippen MR) is 151 cm³/mol. The van der Waals surface area contributed by atoms with Gasteiger partial charge in [0, 0.05) is 17.4 Å². The molecule has 0 aliphatic heterocycles. The van der Waals surface area contributed by atoms with Crippen molar-refractivity contribution in [3.05, 3.63) is 46.6 Å². The van der Waals surface area contributed by atoms with E-state index >= 15 is 0 Å². The highest BCUT2D eigenvalue weighted by Gasteiger charge is 2.31. The first-order valence-corrected chi connectivity index (χ1v) is 13.9. The molecule has 0 aromatic rings. The average Bonchev–Trinajstić information content (AvgIpc) is 2.76. The first kappa shape index (κ1) is 31.5. The number of carbonyl (C=O) groups is 1. The monoisotopic (exact) mass is 516 g/mol. The van der Waals surface area contributed by atoms with Crippen LogP contribution in [0, 0.1) is 21.7 Å². The van der Waals surface area contributed by atoms with Crippen LogP contribution in [0.25, 0.3) is 0 Å². The van der Waals surface area contributed by atoms with E-state index in [0.29, 0.717) is 32.1 Å². The Morgan fingerprint density at radius 1 is 0.730 bits per heavy atom. The maximum Gasteiger partial charge on any atom is 0.309 e. The molecule has 0 aromatic carbocycles. The van der Waals surface area contributed by atoms with E-state index in [2.05, 4.69) is 65.8 Å². The average molecular weight is 517 g/mol. The van der Waals surface area contributed by atoms with Crippen molar-refractivity contribution >= 4 is 5.97 Å². The molecular weight excluding hydrogens is 464 g/mol. The summed E-state index contributed by atoms with van der Waals surface area (Å²) in [4.78, 5) is 11.5. The van der Waals surface area contributed by atoms with Crippen LogP contribution < -0.4 is 0 Å². The Bertz CT molecular complexity index is 942. The van der Waals surface area contributed by atoms with E-state index < -0.39 is 23.6 Å². The molecule has 0 radical (unpaired) electrons. The van der Waals surface area contributed by atoms with E-state index in [1.54, 1.807) is 13.8 Å². The van der Waals surface area contributed by atoms with Crippen LogP contribution in [0.4, 0.5) is 0 Å². The lowest BCUT2D eigenvalue weighted by molar-refractivity contribution is -0.147. The van der Waals surface area contributed by atoms with Crippen molar-refractivity contribution in [2.45, 2.75) is 119 Å². The maximum absolute atomic E-state index is 11.5.